The molecule has 1 aliphatic rings. The molecule has 3 rings (SSSR count). The minimum absolute atomic E-state index is 0.0239. The number of imide groups is 1. The van der Waals surface area contributed by atoms with Gasteiger partial charge in [0.1, 0.15) is 11.6 Å². The summed E-state index contributed by atoms with van der Waals surface area (Å²) in [5, 5.41) is 0.897. The van der Waals surface area contributed by atoms with Crippen LogP contribution in [0.4, 0.5) is 4.79 Å². The molecule has 1 fully saturated rings. The van der Waals surface area contributed by atoms with Crippen molar-refractivity contribution in [1.29, 1.82) is 0 Å². The van der Waals surface area contributed by atoms with Crippen LogP contribution in [-0.4, -0.2) is 64.7 Å². The molecule has 1 aromatic heterocycles. The van der Waals surface area contributed by atoms with Gasteiger partial charge in [0, 0.05) is 27.1 Å². The summed E-state index contributed by atoms with van der Waals surface area (Å²) in [5.74, 6) is -0.231. The number of carbonyl (C=O) groups is 3. The number of benzene rings is 1. The molecule has 8 heteroatoms. The van der Waals surface area contributed by atoms with Crippen molar-refractivity contribution in [2.24, 2.45) is 0 Å². The van der Waals surface area contributed by atoms with Crippen molar-refractivity contribution in [3.05, 3.63) is 29.3 Å². The maximum Gasteiger partial charge on any atom is 0.326 e. The fourth-order valence-corrected chi connectivity index (χ4v) is 3.97. The number of fused-ring (bicyclic) bond motifs is 1. The minimum atomic E-state index is -0.293. The standard InChI is InChI=1S/C18H22N4O3S/c1-12(17-19-13-7-4-5-8-14(13)26-17)21(3)15(23)9-6-10-22-16(24)11-20(2)18(22)25/h4-5,7-8,12H,6,9-11H2,1-3H3/t12-/m1/s1. The number of aromatic nitrogens is 1. The number of likely N-dealkylation sites (N-methyl/N-ethyl adjacent to an activating group) is 1. The Labute approximate surface area is 156 Å². The third kappa shape index (κ3) is 3.55. The van der Waals surface area contributed by atoms with Crippen LogP contribution in [0.3, 0.4) is 0 Å². The molecule has 1 saturated heterocycles. The van der Waals surface area contributed by atoms with E-state index >= 15 is 0 Å². The monoisotopic (exact) mass is 374 g/mol. The van der Waals surface area contributed by atoms with E-state index < -0.39 is 0 Å². The van der Waals surface area contributed by atoms with Crippen molar-refractivity contribution in [2.45, 2.75) is 25.8 Å². The summed E-state index contributed by atoms with van der Waals surface area (Å²) in [4.78, 5) is 44.9. The number of amides is 4. The summed E-state index contributed by atoms with van der Waals surface area (Å²) in [6, 6.07) is 7.49. The van der Waals surface area contributed by atoms with Gasteiger partial charge in [0.25, 0.3) is 0 Å². The van der Waals surface area contributed by atoms with Gasteiger partial charge in [-0.3, -0.25) is 14.5 Å². The maximum absolute atomic E-state index is 12.5. The van der Waals surface area contributed by atoms with Crippen LogP contribution in [0.15, 0.2) is 24.3 Å². The molecule has 1 aliphatic heterocycles. The van der Waals surface area contributed by atoms with Crippen molar-refractivity contribution >= 4 is 39.4 Å². The minimum Gasteiger partial charge on any atom is -0.337 e. The van der Waals surface area contributed by atoms with Crippen LogP contribution >= 0.6 is 11.3 Å². The number of para-hydroxylation sites is 1. The van der Waals surface area contributed by atoms with Crippen molar-refractivity contribution < 1.29 is 14.4 Å². The van der Waals surface area contributed by atoms with Crippen molar-refractivity contribution in [1.82, 2.24) is 19.7 Å². The second kappa shape index (κ2) is 7.41. The number of hydrogen-bond acceptors (Lipinski definition) is 5. The molecule has 2 heterocycles. The molecule has 0 unspecified atom stereocenters. The molecule has 1 aromatic carbocycles. The lowest BCUT2D eigenvalue weighted by Crippen LogP contribution is -2.34. The van der Waals surface area contributed by atoms with Gasteiger partial charge in [0.05, 0.1) is 16.3 Å². The highest BCUT2D eigenvalue weighted by molar-refractivity contribution is 7.18. The van der Waals surface area contributed by atoms with Crippen molar-refractivity contribution in [2.75, 3.05) is 27.2 Å². The maximum atomic E-state index is 12.5. The fraction of sp³-hybridized carbons (Fsp3) is 0.444. The van der Waals surface area contributed by atoms with E-state index in [1.165, 1.54) is 9.80 Å². The first kappa shape index (κ1) is 18.3. The average molecular weight is 374 g/mol. The molecule has 0 radical (unpaired) electrons. The molecule has 0 aliphatic carbocycles. The average Bonchev–Trinajstić information content (AvgIpc) is 3.16. The Kier molecular flexibility index (Phi) is 5.22. The molecule has 4 amide bonds. The normalized spacial score (nSPS) is 15.8. The zero-order valence-electron chi connectivity index (χ0n) is 15.1. The Morgan fingerprint density at radius 3 is 2.73 bits per heavy atom. The highest BCUT2D eigenvalue weighted by Gasteiger charge is 2.33. The molecule has 138 valence electrons. The third-order valence-electron chi connectivity index (χ3n) is 4.65. The lowest BCUT2D eigenvalue weighted by molar-refractivity contribution is -0.132. The summed E-state index contributed by atoms with van der Waals surface area (Å²) in [6.07, 6.45) is 0.744. The predicted octanol–water partition coefficient (Wildman–Crippen LogP) is 2.49. The van der Waals surface area contributed by atoms with E-state index in [9.17, 15) is 14.4 Å². The quantitative estimate of drug-likeness (QED) is 0.728. The summed E-state index contributed by atoms with van der Waals surface area (Å²) in [7, 11) is 3.36. The highest BCUT2D eigenvalue weighted by atomic mass is 32.1. The summed E-state index contributed by atoms with van der Waals surface area (Å²) < 4.78 is 1.10. The van der Waals surface area contributed by atoms with Crippen LogP contribution < -0.4 is 0 Å². The lowest BCUT2D eigenvalue weighted by Gasteiger charge is -2.23. The first-order valence-corrected chi connectivity index (χ1v) is 9.36. The second-order valence-corrected chi connectivity index (χ2v) is 7.55. The third-order valence-corrected chi connectivity index (χ3v) is 5.85. The Bertz CT molecular complexity index is 817. The van der Waals surface area contributed by atoms with Gasteiger partial charge < -0.3 is 9.80 Å². The second-order valence-electron chi connectivity index (χ2n) is 6.49. The van der Waals surface area contributed by atoms with Crippen LogP contribution in [0.2, 0.25) is 0 Å². The molecule has 1 atom stereocenters. The van der Waals surface area contributed by atoms with Gasteiger partial charge in [0.2, 0.25) is 11.8 Å². The van der Waals surface area contributed by atoms with E-state index in [2.05, 4.69) is 4.98 Å². The Balaban J connectivity index is 1.55. The van der Waals surface area contributed by atoms with Gasteiger partial charge >= 0.3 is 6.03 Å². The Hall–Kier alpha value is -2.48. The fourth-order valence-electron chi connectivity index (χ4n) is 2.90. The molecular formula is C18H22N4O3S. The van der Waals surface area contributed by atoms with E-state index in [4.69, 9.17) is 0 Å². The van der Waals surface area contributed by atoms with Gasteiger partial charge in [-0.05, 0) is 25.5 Å². The molecule has 0 saturated carbocycles. The van der Waals surface area contributed by atoms with Crippen LogP contribution in [-0.2, 0) is 9.59 Å². The largest absolute Gasteiger partial charge is 0.337 e. The van der Waals surface area contributed by atoms with Crippen molar-refractivity contribution in [3.8, 4) is 0 Å². The van der Waals surface area contributed by atoms with Crippen molar-refractivity contribution in [3.63, 3.8) is 0 Å². The summed E-state index contributed by atoms with van der Waals surface area (Å²) >= 11 is 1.59. The summed E-state index contributed by atoms with van der Waals surface area (Å²) in [6.45, 7) is 2.34. The number of hydrogen-bond donors (Lipinski definition) is 0. The number of carbonyl (C=O) groups excluding carboxylic acids is 3. The molecule has 26 heavy (non-hydrogen) atoms. The topological polar surface area (TPSA) is 73.8 Å². The molecule has 0 N–H and O–H groups in total. The van der Waals surface area contributed by atoms with Gasteiger partial charge in [-0.1, -0.05) is 12.1 Å². The lowest BCUT2D eigenvalue weighted by atomic mass is 10.2. The smallest absolute Gasteiger partial charge is 0.326 e. The molecule has 2 aromatic rings. The van der Waals surface area contributed by atoms with Crippen LogP contribution in [0.25, 0.3) is 10.2 Å². The number of nitrogens with zero attached hydrogens (tertiary/aromatic N) is 4. The van der Waals surface area contributed by atoms with Gasteiger partial charge in [-0.15, -0.1) is 11.3 Å². The molecular weight excluding hydrogens is 352 g/mol. The van der Waals surface area contributed by atoms with E-state index in [1.54, 1.807) is 30.3 Å². The first-order valence-electron chi connectivity index (χ1n) is 8.55. The van der Waals surface area contributed by atoms with Gasteiger partial charge in [-0.25, -0.2) is 9.78 Å². The van der Waals surface area contributed by atoms with Gasteiger partial charge in [0.15, 0.2) is 0 Å². The first-order chi connectivity index (χ1) is 12.4. The van der Waals surface area contributed by atoms with E-state index in [0.29, 0.717) is 6.42 Å². The van der Waals surface area contributed by atoms with Crippen LogP contribution in [0.1, 0.15) is 30.8 Å². The van der Waals surface area contributed by atoms with Crippen LogP contribution in [0, 0.1) is 0 Å². The Morgan fingerprint density at radius 2 is 2.08 bits per heavy atom. The number of rotatable bonds is 6. The zero-order chi connectivity index (χ0) is 18.8. The Morgan fingerprint density at radius 1 is 1.35 bits per heavy atom. The van der Waals surface area contributed by atoms with Crippen LogP contribution in [0.5, 0.6) is 0 Å². The molecule has 0 spiro atoms. The molecule has 0 bridgehead atoms. The van der Waals surface area contributed by atoms with Gasteiger partial charge in [-0.2, -0.15) is 0 Å². The predicted molar refractivity (Wildman–Crippen MR) is 99.8 cm³/mol. The SMILES string of the molecule is C[C@H](c1nc2ccccc2s1)N(C)C(=O)CCCN1C(=O)CN(C)C1=O. The summed E-state index contributed by atoms with van der Waals surface area (Å²) in [5.41, 5.74) is 0.940. The highest BCUT2D eigenvalue weighted by Crippen LogP contribution is 2.29. The zero-order valence-corrected chi connectivity index (χ0v) is 16.0. The van der Waals surface area contributed by atoms with E-state index in [-0.39, 0.29) is 43.4 Å². The van der Waals surface area contributed by atoms with E-state index in [0.717, 1.165) is 15.2 Å². The number of thiazole rings is 1. The number of urea groups is 1. The van der Waals surface area contributed by atoms with E-state index in [1.807, 2.05) is 31.2 Å². The molecule has 7 nitrogen and oxygen atoms in total.